The molecule has 2 aromatic rings. The molecule has 2 rings (SSSR count). The van der Waals surface area contributed by atoms with E-state index >= 15 is 0 Å². The minimum Gasteiger partial charge on any atom is -0.391 e. The molecule has 0 radical (unpaired) electrons. The molecular formula is C20H28F3N7O3. The normalized spacial score (nSPS) is 10.7. The van der Waals surface area contributed by atoms with E-state index in [0.717, 1.165) is 6.07 Å². The van der Waals surface area contributed by atoms with Crippen molar-refractivity contribution in [1.29, 1.82) is 0 Å². The molecule has 0 aliphatic rings. The van der Waals surface area contributed by atoms with Crippen LogP contribution in [0.15, 0.2) is 40.4 Å². The highest BCUT2D eigenvalue weighted by Gasteiger charge is 2.32. The highest BCUT2D eigenvalue weighted by molar-refractivity contribution is 5.76. The predicted molar refractivity (Wildman–Crippen MR) is 118 cm³/mol. The Morgan fingerprint density at radius 3 is 2.61 bits per heavy atom. The van der Waals surface area contributed by atoms with Crippen LogP contribution in [0.25, 0.3) is 0 Å². The van der Waals surface area contributed by atoms with Gasteiger partial charge in [-0.2, -0.15) is 13.2 Å². The molecule has 0 aliphatic heterocycles. The highest BCUT2D eigenvalue weighted by Crippen LogP contribution is 2.31. The maximum atomic E-state index is 13.1. The third kappa shape index (κ3) is 8.35. The first-order valence-electron chi connectivity index (χ1n) is 9.52. The van der Waals surface area contributed by atoms with E-state index < -0.39 is 23.2 Å². The number of oxime groups is 1. The first kappa shape index (κ1) is 27.3. The predicted octanol–water partition coefficient (Wildman–Crippen LogP) is 1.18. The minimum absolute atomic E-state index is 0. The summed E-state index contributed by atoms with van der Waals surface area (Å²) >= 11 is 0. The SMILES string of the molecule is C.Cc1cnc(NCCc2ccccc2C(F)(F)F)c(=O)n1CC(=O)NCCON=C(N)N. The van der Waals surface area contributed by atoms with Crippen molar-refractivity contribution < 1.29 is 22.8 Å². The fraction of sp³-hybridized carbons (Fsp3) is 0.400. The summed E-state index contributed by atoms with van der Waals surface area (Å²) in [5.74, 6) is -0.777. The van der Waals surface area contributed by atoms with Gasteiger partial charge in [-0.1, -0.05) is 25.6 Å². The summed E-state index contributed by atoms with van der Waals surface area (Å²) in [7, 11) is 0. The van der Waals surface area contributed by atoms with Crippen molar-refractivity contribution in [3.8, 4) is 0 Å². The number of benzene rings is 1. The Kier molecular flexibility index (Phi) is 10.2. The summed E-state index contributed by atoms with van der Waals surface area (Å²) in [5.41, 5.74) is 9.43. The van der Waals surface area contributed by atoms with Crippen LogP contribution in [0, 0.1) is 6.92 Å². The van der Waals surface area contributed by atoms with Crippen LogP contribution in [-0.4, -0.2) is 41.1 Å². The summed E-state index contributed by atoms with van der Waals surface area (Å²) in [5, 5.41) is 8.59. The largest absolute Gasteiger partial charge is 0.416 e. The molecule has 6 N–H and O–H groups in total. The molecule has 13 heteroatoms. The van der Waals surface area contributed by atoms with Gasteiger partial charge in [-0.05, 0) is 30.1 Å². The van der Waals surface area contributed by atoms with Crippen molar-refractivity contribution in [2.45, 2.75) is 33.5 Å². The number of hydrogen-bond donors (Lipinski definition) is 4. The molecular weight excluding hydrogens is 443 g/mol. The van der Waals surface area contributed by atoms with Crippen molar-refractivity contribution in [2.24, 2.45) is 16.6 Å². The lowest BCUT2D eigenvalue weighted by molar-refractivity contribution is -0.138. The molecule has 0 spiro atoms. The van der Waals surface area contributed by atoms with Crippen LogP contribution in [0.4, 0.5) is 19.0 Å². The van der Waals surface area contributed by atoms with E-state index in [2.05, 4.69) is 20.8 Å². The lowest BCUT2D eigenvalue weighted by Gasteiger charge is -2.14. The zero-order chi connectivity index (χ0) is 23.7. The number of nitrogens with one attached hydrogen (secondary N) is 2. The van der Waals surface area contributed by atoms with Gasteiger partial charge in [0, 0.05) is 18.4 Å². The number of carbonyl (C=O) groups excluding carboxylic acids is 1. The van der Waals surface area contributed by atoms with E-state index in [0.29, 0.717) is 5.69 Å². The molecule has 0 atom stereocenters. The van der Waals surface area contributed by atoms with Gasteiger partial charge in [-0.15, -0.1) is 0 Å². The zero-order valence-corrected chi connectivity index (χ0v) is 17.3. The lowest BCUT2D eigenvalue weighted by atomic mass is 10.0. The fourth-order valence-corrected chi connectivity index (χ4v) is 2.77. The van der Waals surface area contributed by atoms with E-state index in [9.17, 15) is 22.8 Å². The molecule has 1 aromatic carbocycles. The van der Waals surface area contributed by atoms with Gasteiger partial charge in [0.2, 0.25) is 11.9 Å². The summed E-state index contributed by atoms with van der Waals surface area (Å²) in [6.07, 6.45) is -3.05. The maximum Gasteiger partial charge on any atom is 0.416 e. The van der Waals surface area contributed by atoms with Crippen molar-refractivity contribution in [3.05, 3.63) is 57.6 Å². The second-order valence-electron chi connectivity index (χ2n) is 6.67. The number of nitrogens with zero attached hydrogens (tertiary/aromatic N) is 3. The van der Waals surface area contributed by atoms with Gasteiger partial charge < -0.3 is 26.9 Å². The summed E-state index contributed by atoms with van der Waals surface area (Å²) in [6, 6.07) is 5.22. The van der Waals surface area contributed by atoms with Crippen LogP contribution in [0.1, 0.15) is 24.2 Å². The van der Waals surface area contributed by atoms with Crippen LogP contribution in [0.2, 0.25) is 0 Å². The second-order valence-corrected chi connectivity index (χ2v) is 6.67. The maximum absolute atomic E-state index is 13.1. The first-order chi connectivity index (χ1) is 15.1. The number of nitrogens with two attached hydrogens (primary N) is 2. The number of guanidine groups is 1. The van der Waals surface area contributed by atoms with Gasteiger partial charge in [0.05, 0.1) is 12.1 Å². The van der Waals surface area contributed by atoms with Crippen LogP contribution < -0.4 is 27.7 Å². The highest BCUT2D eigenvalue weighted by atomic mass is 19.4. The third-order valence-corrected chi connectivity index (χ3v) is 4.25. The van der Waals surface area contributed by atoms with Crippen LogP contribution in [0.3, 0.4) is 0 Å². The molecule has 0 unspecified atom stereocenters. The number of aryl methyl sites for hydroxylation is 1. The number of amides is 1. The Morgan fingerprint density at radius 2 is 1.94 bits per heavy atom. The van der Waals surface area contributed by atoms with Gasteiger partial charge >= 0.3 is 6.18 Å². The average Bonchev–Trinajstić information content (AvgIpc) is 2.72. The summed E-state index contributed by atoms with van der Waals surface area (Å²) in [4.78, 5) is 33.5. The molecule has 1 amide bonds. The quantitative estimate of drug-likeness (QED) is 0.176. The van der Waals surface area contributed by atoms with Gasteiger partial charge in [-0.25, -0.2) is 4.98 Å². The van der Waals surface area contributed by atoms with Crippen molar-refractivity contribution >= 4 is 17.7 Å². The smallest absolute Gasteiger partial charge is 0.391 e. The molecule has 1 heterocycles. The number of halogens is 3. The van der Waals surface area contributed by atoms with Gasteiger partial charge in [0.25, 0.3) is 5.56 Å². The standard InChI is InChI=1S/C19H24F3N7O3.CH4/c1-12-10-27-16(26-7-6-13-4-2-3-5-14(13)19(20,21)22)17(31)29(12)11-15(30)25-8-9-32-28-18(23)24;/h2-5,10H,6-9,11H2,1H3,(H,25,30)(H,26,27)(H4,23,24,28);1H4. The van der Waals surface area contributed by atoms with Crippen LogP contribution in [0.5, 0.6) is 0 Å². The summed E-state index contributed by atoms with van der Waals surface area (Å²) < 4.78 is 40.5. The molecule has 0 aliphatic carbocycles. The van der Waals surface area contributed by atoms with Crippen molar-refractivity contribution in [1.82, 2.24) is 14.9 Å². The van der Waals surface area contributed by atoms with Gasteiger partial charge in [0.15, 0.2) is 5.82 Å². The van der Waals surface area contributed by atoms with Gasteiger partial charge in [0.1, 0.15) is 13.2 Å². The lowest BCUT2D eigenvalue weighted by Crippen LogP contribution is -2.36. The summed E-state index contributed by atoms with van der Waals surface area (Å²) in [6.45, 7) is 1.51. The Morgan fingerprint density at radius 1 is 1.24 bits per heavy atom. The van der Waals surface area contributed by atoms with E-state index in [1.54, 1.807) is 6.92 Å². The molecule has 33 heavy (non-hydrogen) atoms. The van der Waals surface area contributed by atoms with Crippen molar-refractivity contribution in [2.75, 3.05) is 25.0 Å². The van der Waals surface area contributed by atoms with E-state index in [4.69, 9.17) is 16.3 Å². The molecule has 182 valence electrons. The third-order valence-electron chi connectivity index (χ3n) is 4.25. The Balaban J connectivity index is 0.00000544. The van der Waals surface area contributed by atoms with E-state index in [1.165, 1.54) is 29.0 Å². The number of rotatable bonds is 10. The minimum atomic E-state index is -4.47. The molecule has 0 saturated carbocycles. The van der Waals surface area contributed by atoms with E-state index in [-0.39, 0.29) is 57.4 Å². The van der Waals surface area contributed by atoms with Gasteiger partial charge in [-0.3, -0.25) is 14.2 Å². The molecule has 0 fully saturated rings. The monoisotopic (exact) mass is 471 g/mol. The number of anilines is 1. The first-order valence-corrected chi connectivity index (χ1v) is 9.52. The van der Waals surface area contributed by atoms with Crippen LogP contribution in [-0.2, 0) is 28.8 Å². The number of aromatic nitrogens is 2. The number of hydrogen-bond acceptors (Lipinski definition) is 6. The second kappa shape index (κ2) is 12.3. The number of carbonyl (C=O) groups is 1. The molecule has 1 aromatic heterocycles. The van der Waals surface area contributed by atoms with Crippen molar-refractivity contribution in [3.63, 3.8) is 0 Å². The Hall–Kier alpha value is -3.77. The Labute approximate surface area is 188 Å². The molecule has 10 nitrogen and oxygen atoms in total. The fourth-order valence-electron chi connectivity index (χ4n) is 2.77. The zero-order valence-electron chi connectivity index (χ0n) is 17.3. The van der Waals surface area contributed by atoms with Crippen LogP contribution >= 0.6 is 0 Å². The van der Waals surface area contributed by atoms with E-state index in [1.807, 2.05) is 0 Å². The number of alkyl halides is 3. The Bertz CT molecular complexity index is 1020. The molecule has 0 bridgehead atoms. The topological polar surface area (TPSA) is 150 Å². The average molecular weight is 471 g/mol. The molecule has 0 saturated heterocycles.